The zero-order valence-electron chi connectivity index (χ0n) is 18.1. The molecule has 1 atom stereocenters. The largest absolute Gasteiger partial charge is 0.493 e. The van der Waals surface area contributed by atoms with Crippen molar-refractivity contribution in [2.45, 2.75) is 33.2 Å². The number of hydrogen-bond acceptors (Lipinski definition) is 5. The summed E-state index contributed by atoms with van der Waals surface area (Å²) in [5.74, 6) is 0.654. The van der Waals surface area contributed by atoms with Gasteiger partial charge in [0.15, 0.2) is 11.5 Å². The van der Waals surface area contributed by atoms with E-state index < -0.39 is 11.9 Å². The van der Waals surface area contributed by atoms with Crippen molar-refractivity contribution in [2.24, 2.45) is 11.0 Å². The number of nitrogens with one attached hydrogen (secondary N) is 2. The lowest BCUT2D eigenvalue weighted by Gasteiger charge is -2.19. The SMILES string of the molecule is CCOc1ccc(/C=N/NC(=O)C(CC(C)C)NC(=O)c2ccc(Cl)cc2)cc1OC. The maximum absolute atomic E-state index is 12.6. The van der Waals surface area contributed by atoms with Crippen LogP contribution in [0, 0.1) is 5.92 Å². The van der Waals surface area contributed by atoms with Crippen molar-refractivity contribution in [3.05, 3.63) is 58.6 Å². The molecular weight excluding hydrogens is 418 g/mol. The summed E-state index contributed by atoms with van der Waals surface area (Å²) in [4.78, 5) is 25.2. The van der Waals surface area contributed by atoms with Gasteiger partial charge in [-0.05, 0) is 67.3 Å². The predicted molar refractivity (Wildman–Crippen MR) is 122 cm³/mol. The Morgan fingerprint density at radius 2 is 1.84 bits per heavy atom. The fourth-order valence-electron chi connectivity index (χ4n) is 2.83. The van der Waals surface area contributed by atoms with Gasteiger partial charge >= 0.3 is 0 Å². The number of rotatable bonds is 10. The first-order valence-corrected chi connectivity index (χ1v) is 10.4. The summed E-state index contributed by atoms with van der Waals surface area (Å²) >= 11 is 5.87. The summed E-state index contributed by atoms with van der Waals surface area (Å²) in [6, 6.07) is 11.1. The van der Waals surface area contributed by atoms with Crippen LogP contribution in [0.2, 0.25) is 5.02 Å². The number of carbonyl (C=O) groups excluding carboxylic acids is 2. The summed E-state index contributed by atoms with van der Waals surface area (Å²) in [7, 11) is 1.56. The molecule has 0 aliphatic heterocycles. The van der Waals surface area contributed by atoms with Crippen LogP contribution in [0.4, 0.5) is 0 Å². The second-order valence-corrected chi connectivity index (χ2v) is 7.68. The third kappa shape index (κ3) is 7.61. The lowest BCUT2D eigenvalue weighted by Crippen LogP contribution is -2.46. The van der Waals surface area contributed by atoms with Gasteiger partial charge in [0.05, 0.1) is 19.9 Å². The van der Waals surface area contributed by atoms with Crippen molar-refractivity contribution < 1.29 is 19.1 Å². The molecule has 0 heterocycles. The molecule has 0 aromatic heterocycles. The number of carbonyl (C=O) groups is 2. The van der Waals surface area contributed by atoms with E-state index in [1.165, 1.54) is 6.21 Å². The molecule has 0 bridgehead atoms. The fourth-order valence-corrected chi connectivity index (χ4v) is 2.96. The molecule has 2 amide bonds. The summed E-state index contributed by atoms with van der Waals surface area (Å²) in [5.41, 5.74) is 3.66. The lowest BCUT2D eigenvalue weighted by atomic mass is 10.0. The Bertz CT molecular complexity index is 914. The van der Waals surface area contributed by atoms with Gasteiger partial charge in [-0.3, -0.25) is 9.59 Å². The molecule has 0 fully saturated rings. The van der Waals surface area contributed by atoms with Crippen molar-refractivity contribution in [3.63, 3.8) is 0 Å². The van der Waals surface area contributed by atoms with Crippen molar-refractivity contribution in [1.82, 2.24) is 10.7 Å². The molecule has 166 valence electrons. The first-order valence-electron chi connectivity index (χ1n) is 10.0. The molecule has 2 rings (SSSR count). The van der Waals surface area contributed by atoms with Crippen molar-refractivity contribution in [1.29, 1.82) is 0 Å². The van der Waals surface area contributed by atoms with E-state index in [0.717, 1.165) is 5.56 Å². The molecule has 2 N–H and O–H groups in total. The molecule has 0 radical (unpaired) electrons. The van der Waals surface area contributed by atoms with Gasteiger partial charge in [-0.1, -0.05) is 25.4 Å². The molecule has 2 aromatic rings. The van der Waals surface area contributed by atoms with E-state index in [2.05, 4.69) is 15.8 Å². The molecule has 0 spiro atoms. The van der Waals surface area contributed by atoms with Crippen LogP contribution in [-0.4, -0.2) is 37.8 Å². The van der Waals surface area contributed by atoms with E-state index in [-0.39, 0.29) is 11.8 Å². The minimum Gasteiger partial charge on any atom is -0.493 e. The van der Waals surface area contributed by atoms with Crippen molar-refractivity contribution in [3.8, 4) is 11.5 Å². The highest BCUT2D eigenvalue weighted by atomic mass is 35.5. The monoisotopic (exact) mass is 445 g/mol. The van der Waals surface area contributed by atoms with E-state index in [9.17, 15) is 9.59 Å². The van der Waals surface area contributed by atoms with Crippen LogP contribution in [0.3, 0.4) is 0 Å². The van der Waals surface area contributed by atoms with E-state index in [4.69, 9.17) is 21.1 Å². The summed E-state index contributed by atoms with van der Waals surface area (Å²) < 4.78 is 10.8. The highest BCUT2D eigenvalue weighted by Gasteiger charge is 2.22. The van der Waals surface area contributed by atoms with Crippen LogP contribution in [0.25, 0.3) is 0 Å². The average Bonchev–Trinajstić information content (AvgIpc) is 2.74. The average molecular weight is 446 g/mol. The Morgan fingerprint density at radius 1 is 1.13 bits per heavy atom. The van der Waals surface area contributed by atoms with Crippen LogP contribution in [0.15, 0.2) is 47.6 Å². The van der Waals surface area contributed by atoms with Gasteiger partial charge in [0.25, 0.3) is 11.8 Å². The van der Waals surface area contributed by atoms with E-state index in [1.54, 1.807) is 49.6 Å². The van der Waals surface area contributed by atoms with Gasteiger partial charge in [0.2, 0.25) is 0 Å². The minimum atomic E-state index is -0.727. The van der Waals surface area contributed by atoms with Gasteiger partial charge in [-0.15, -0.1) is 0 Å². The second kappa shape index (κ2) is 12.0. The standard InChI is InChI=1S/C23H28ClN3O4/c1-5-31-20-11-6-16(13-21(20)30-4)14-25-27-23(29)19(12-15(2)3)26-22(28)17-7-9-18(24)10-8-17/h6-11,13-15,19H,5,12H2,1-4H3,(H,26,28)(H,27,29)/b25-14+. The number of halogens is 1. The van der Waals surface area contributed by atoms with E-state index in [0.29, 0.717) is 35.1 Å². The Hall–Kier alpha value is -3.06. The maximum Gasteiger partial charge on any atom is 0.262 e. The lowest BCUT2D eigenvalue weighted by molar-refractivity contribution is -0.123. The molecule has 0 saturated heterocycles. The highest BCUT2D eigenvalue weighted by molar-refractivity contribution is 6.30. The summed E-state index contributed by atoms with van der Waals surface area (Å²) in [6.07, 6.45) is 1.97. The smallest absolute Gasteiger partial charge is 0.262 e. The molecule has 0 aliphatic carbocycles. The van der Waals surface area contributed by atoms with Gasteiger partial charge in [0, 0.05) is 10.6 Å². The van der Waals surface area contributed by atoms with Crippen LogP contribution in [0.5, 0.6) is 11.5 Å². The number of hydrogen-bond donors (Lipinski definition) is 2. The van der Waals surface area contributed by atoms with Crippen LogP contribution in [-0.2, 0) is 4.79 Å². The number of nitrogens with zero attached hydrogens (tertiary/aromatic N) is 1. The topological polar surface area (TPSA) is 89.0 Å². The molecule has 31 heavy (non-hydrogen) atoms. The quantitative estimate of drug-likeness (QED) is 0.426. The van der Waals surface area contributed by atoms with Crippen LogP contribution < -0.4 is 20.2 Å². The third-order valence-corrected chi connectivity index (χ3v) is 4.56. The normalized spacial score (nSPS) is 11.9. The predicted octanol–water partition coefficient (Wildman–Crippen LogP) is 4.04. The molecule has 0 aliphatic rings. The molecule has 0 saturated carbocycles. The zero-order chi connectivity index (χ0) is 22.8. The Morgan fingerprint density at radius 3 is 2.45 bits per heavy atom. The molecule has 1 unspecified atom stereocenters. The Balaban J connectivity index is 2.04. The number of amides is 2. The number of ether oxygens (including phenoxy) is 2. The first-order chi connectivity index (χ1) is 14.8. The summed E-state index contributed by atoms with van der Waals surface area (Å²) in [5, 5.41) is 7.33. The molecule has 8 heteroatoms. The molecule has 2 aromatic carbocycles. The second-order valence-electron chi connectivity index (χ2n) is 7.24. The summed E-state index contributed by atoms with van der Waals surface area (Å²) in [6.45, 7) is 6.37. The van der Waals surface area contributed by atoms with Crippen molar-refractivity contribution in [2.75, 3.05) is 13.7 Å². The van der Waals surface area contributed by atoms with Gasteiger partial charge in [-0.2, -0.15) is 5.10 Å². The maximum atomic E-state index is 12.6. The number of benzene rings is 2. The van der Waals surface area contributed by atoms with Gasteiger partial charge < -0.3 is 14.8 Å². The van der Waals surface area contributed by atoms with Gasteiger partial charge in [-0.25, -0.2) is 5.43 Å². The third-order valence-electron chi connectivity index (χ3n) is 4.31. The number of methoxy groups -OCH3 is 1. The fraction of sp³-hybridized carbons (Fsp3) is 0.348. The van der Waals surface area contributed by atoms with E-state index >= 15 is 0 Å². The minimum absolute atomic E-state index is 0.195. The zero-order valence-corrected chi connectivity index (χ0v) is 18.9. The van der Waals surface area contributed by atoms with Crippen LogP contribution >= 0.6 is 11.6 Å². The van der Waals surface area contributed by atoms with Crippen molar-refractivity contribution >= 4 is 29.6 Å². The number of hydrazone groups is 1. The highest BCUT2D eigenvalue weighted by Crippen LogP contribution is 2.27. The first kappa shape index (κ1) is 24.2. The van der Waals surface area contributed by atoms with Gasteiger partial charge in [0.1, 0.15) is 6.04 Å². The Labute approximate surface area is 187 Å². The molecule has 7 nitrogen and oxygen atoms in total. The Kier molecular flexibility index (Phi) is 9.34. The van der Waals surface area contributed by atoms with E-state index in [1.807, 2.05) is 20.8 Å². The molecular formula is C23H28ClN3O4. The van der Waals surface area contributed by atoms with Crippen LogP contribution in [0.1, 0.15) is 43.1 Å².